The summed E-state index contributed by atoms with van der Waals surface area (Å²) in [7, 11) is 1.67. The second-order valence-electron chi connectivity index (χ2n) is 5.62. The summed E-state index contributed by atoms with van der Waals surface area (Å²) in [6.07, 6.45) is 1.62. The maximum absolute atomic E-state index is 5.29. The zero-order valence-electron chi connectivity index (χ0n) is 13.9. The molecule has 3 N–H and O–H groups in total. The molecule has 0 saturated heterocycles. The van der Waals surface area contributed by atoms with Gasteiger partial charge in [-0.25, -0.2) is 9.97 Å². The van der Waals surface area contributed by atoms with Crippen LogP contribution in [0.1, 0.15) is 13.8 Å². The SMILES string of the molecule is CC[NH+](CC)CCNc1ncnc2c1[nH]c1cc(OC)ccc12. The average Bonchev–Trinajstić information content (AvgIpc) is 2.97. The lowest BCUT2D eigenvalue weighted by molar-refractivity contribution is -0.894. The van der Waals surface area contributed by atoms with Gasteiger partial charge in [0.1, 0.15) is 23.1 Å². The minimum Gasteiger partial charge on any atom is -0.497 e. The lowest BCUT2D eigenvalue weighted by Gasteiger charge is -2.15. The lowest BCUT2D eigenvalue weighted by Crippen LogP contribution is -3.12. The van der Waals surface area contributed by atoms with Crippen LogP contribution >= 0.6 is 0 Å². The molecule has 23 heavy (non-hydrogen) atoms. The Labute approximate surface area is 135 Å². The largest absolute Gasteiger partial charge is 0.497 e. The highest BCUT2D eigenvalue weighted by atomic mass is 16.5. The molecule has 2 aromatic heterocycles. The summed E-state index contributed by atoms with van der Waals surface area (Å²) in [6.45, 7) is 8.68. The Kier molecular flexibility index (Phi) is 4.62. The monoisotopic (exact) mass is 314 g/mol. The van der Waals surface area contributed by atoms with E-state index in [1.165, 1.54) is 0 Å². The van der Waals surface area contributed by atoms with Crippen LogP contribution in [0.5, 0.6) is 5.75 Å². The number of nitrogens with one attached hydrogen (secondary N) is 3. The maximum atomic E-state index is 5.29. The molecule has 6 nitrogen and oxygen atoms in total. The van der Waals surface area contributed by atoms with Gasteiger partial charge < -0.3 is 19.9 Å². The molecule has 0 aliphatic rings. The Morgan fingerprint density at radius 1 is 1.22 bits per heavy atom. The molecule has 3 rings (SSSR count). The van der Waals surface area contributed by atoms with Crippen molar-refractivity contribution in [3.05, 3.63) is 24.5 Å². The number of benzene rings is 1. The standard InChI is InChI=1S/C17H23N5O/c1-4-22(5-2)9-8-18-17-16-15(19-11-20-17)13-7-6-12(23-3)10-14(13)21-16/h6-7,10-11,21H,4-5,8-9H2,1-3H3,(H,18,19,20)/p+1. The van der Waals surface area contributed by atoms with Crippen molar-refractivity contribution in [2.45, 2.75) is 13.8 Å². The van der Waals surface area contributed by atoms with Crippen molar-refractivity contribution in [1.29, 1.82) is 0 Å². The van der Waals surface area contributed by atoms with E-state index in [0.29, 0.717) is 0 Å². The first-order valence-corrected chi connectivity index (χ1v) is 8.14. The summed E-state index contributed by atoms with van der Waals surface area (Å²) in [5, 5.41) is 4.53. The second kappa shape index (κ2) is 6.83. The van der Waals surface area contributed by atoms with Crippen molar-refractivity contribution in [1.82, 2.24) is 15.0 Å². The van der Waals surface area contributed by atoms with Crippen LogP contribution < -0.4 is 15.0 Å². The van der Waals surface area contributed by atoms with Gasteiger partial charge in [0.05, 0.1) is 38.8 Å². The zero-order chi connectivity index (χ0) is 16.2. The number of ether oxygens (including phenoxy) is 1. The zero-order valence-corrected chi connectivity index (χ0v) is 13.9. The van der Waals surface area contributed by atoms with E-state index in [9.17, 15) is 0 Å². The first-order valence-electron chi connectivity index (χ1n) is 8.14. The smallest absolute Gasteiger partial charge is 0.154 e. The number of hydrogen-bond acceptors (Lipinski definition) is 4. The van der Waals surface area contributed by atoms with Crippen LogP contribution in [-0.4, -0.2) is 48.2 Å². The molecule has 0 fully saturated rings. The summed E-state index contributed by atoms with van der Waals surface area (Å²) in [5.41, 5.74) is 2.90. The third-order valence-electron chi connectivity index (χ3n) is 4.36. The minimum atomic E-state index is 0.830. The number of aromatic nitrogens is 3. The van der Waals surface area contributed by atoms with Crippen molar-refractivity contribution in [2.75, 3.05) is 38.6 Å². The van der Waals surface area contributed by atoms with Gasteiger partial charge in [0.2, 0.25) is 0 Å². The van der Waals surface area contributed by atoms with Crippen molar-refractivity contribution in [3.8, 4) is 5.75 Å². The summed E-state index contributed by atoms with van der Waals surface area (Å²) < 4.78 is 5.29. The van der Waals surface area contributed by atoms with Gasteiger partial charge >= 0.3 is 0 Å². The number of quaternary nitrogens is 1. The van der Waals surface area contributed by atoms with Crippen LogP contribution in [0.3, 0.4) is 0 Å². The van der Waals surface area contributed by atoms with Crippen LogP contribution in [0, 0.1) is 0 Å². The average molecular weight is 314 g/mol. The fourth-order valence-corrected chi connectivity index (χ4v) is 2.90. The normalized spacial score (nSPS) is 11.5. The molecule has 122 valence electrons. The molecular weight excluding hydrogens is 290 g/mol. The Hall–Kier alpha value is -2.34. The maximum Gasteiger partial charge on any atom is 0.154 e. The van der Waals surface area contributed by atoms with E-state index >= 15 is 0 Å². The van der Waals surface area contributed by atoms with E-state index in [2.05, 4.69) is 34.1 Å². The summed E-state index contributed by atoms with van der Waals surface area (Å²) in [4.78, 5) is 13.8. The van der Waals surface area contributed by atoms with E-state index in [4.69, 9.17) is 4.74 Å². The molecule has 1 aromatic carbocycles. The predicted molar refractivity (Wildman–Crippen MR) is 93.3 cm³/mol. The van der Waals surface area contributed by atoms with Gasteiger partial charge in [-0.15, -0.1) is 0 Å². The van der Waals surface area contributed by atoms with E-state index in [1.54, 1.807) is 18.3 Å². The van der Waals surface area contributed by atoms with Gasteiger partial charge in [0.25, 0.3) is 0 Å². The molecule has 0 bridgehead atoms. The molecule has 0 amide bonds. The predicted octanol–water partition coefficient (Wildman–Crippen LogP) is 1.46. The number of anilines is 1. The summed E-state index contributed by atoms with van der Waals surface area (Å²) in [5.74, 6) is 1.69. The number of hydrogen-bond donors (Lipinski definition) is 3. The Morgan fingerprint density at radius 3 is 2.78 bits per heavy atom. The molecule has 6 heteroatoms. The van der Waals surface area contributed by atoms with Crippen LogP contribution in [0.4, 0.5) is 5.82 Å². The number of methoxy groups -OCH3 is 1. The molecule has 0 aliphatic heterocycles. The lowest BCUT2D eigenvalue weighted by atomic mass is 10.2. The van der Waals surface area contributed by atoms with E-state index in [1.807, 2.05) is 18.2 Å². The molecule has 0 saturated carbocycles. The van der Waals surface area contributed by atoms with Gasteiger partial charge in [-0.1, -0.05) is 0 Å². The van der Waals surface area contributed by atoms with Gasteiger partial charge in [-0.3, -0.25) is 0 Å². The quantitative estimate of drug-likeness (QED) is 0.617. The highest BCUT2D eigenvalue weighted by Gasteiger charge is 2.11. The fraction of sp³-hybridized carbons (Fsp3) is 0.412. The van der Waals surface area contributed by atoms with Crippen LogP contribution in [-0.2, 0) is 0 Å². The number of likely N-dealkylation sites (N-methyl/N-ethyl adjacent to an activating group) is 1. The van der Waals surface area contributed by atoms with Crippen LogP contribution in [0.25, 0.3) is 21.9 Å². The Morgan fingerprint density at radius 2 is 2.04 bits per heavy atom. The first-order chi connectivity index (χ1) is 11.3. The highest BCUT2D eigenvalue weighted by molar-refractivity contribution is 6.08. The molecule has 0 radical (unpaired) electrons. The van der Waals surface area contributed by atoms with Gasteiger partial charge in [0.15, 0.2) is 5.82 Å². The molecule has 0 unspecified atom stereocenters. The molecule has 2 heterocycles. The number of H-pyrrole nitrogens is 1. The van der Waals surface area contributed by atoms with Gasteiger partial charge in [-0.05, 0) is 26.0 Å². The minimum absolute atomic E-state index is 0.830. The fourth-order valence-electron chi connectivity index (χ4n) is 2.90. The third-order valence-corrected chi connectivity index (χ3v) is 4.36. The van der Waals surface area contributed by atoms with Crippen LogP contribution in [0.2, 0.25) is 0 Å². The number of rotatable bonds is 7. The molecule has 3 aromatic rings. The van der Waals surface area contributed by atoms with Gasteiger partial charge in [-0.2, -0.15) is 0 Å². The topological polar surface area (TPSA) is 67.3 Å². The number of aromatic amines is 1. The van der Waals surface area contributed by atoms with E-state index in [-0.39, 0.29) is 0 Å². The Balaban J connectivity index is 1.89. The number of fused-ring (bicyclic) bond motifs is 3. The molecule has 0 spiro atoms. The molecule has 0 aliphatic carbocycles. The molecule has 0 atom stereocenters. The number of nitrogens with zero attached hydrogens (tertiary/aromatic N) is 2. The third kappa shape index (κ3) is 3.07. The summed E-state index contributed by atoms with van der Waals surface area (Å²) in [6, 6.07) is 5.97. The van der Waals surface area contributed by atoms with Gasteiger partial charge in [0, 0.05) is 11.5 Å². The molecular formula is C17H24N5O+. The van der Waals surface area contributed by atoms with Crippen LogP contribution in [0.15, 0.2) is 24.5 Å². The van der Waals surface area contributed by atoms with Crippen molar-refractivity contribution < 1.29 is 9.64 Å². The Bertz CT molecular complexity index is 794. The second-order valence-corrected chi connectivity index (χ2v) is 5.62. The van der Waals surface area contributed by atoms with Crippen molar-refractivity contribution in [2.24, 2.45) is 0 Å². The first kappa shape index (κ1) is 15.6. The van der Waals surface area contributed by atoms with Crippen molar-refractivity contribution in [3.63, 3.8) is 0 Å². The van der Waals surface area contributed by atoms with E-state index in [0.717, 1.165) is 59.7 Å². The highest BCUT2D eigenvalue weighted by Crippen LogP contribution is 2.29. The van der Waals surface area contributed by atoms with Crippen molar-refractivity contribution >= 4 is 27.8 Å². The summed E-state index contributed by atoms with van der Waals surface area (Å²) >= 11 is 0. The van der Waals surface area contributed by atoms with E-state index < -0.39 is 0 Å².